The molecule has 1 atom stereocenters. The summed E-state index contributed by atoms with van der Waals surface area (Å²) in [6, 6.07) is 0. The number of carbonyl (C=O) groups excluding carboxylic acids is 1. The quantitative estimate of drug-likeness (QED) is 0.357. The Morgan fingerprint density at radius 2 is 2.42 bits per heavy atom. The van der Waals surface area contributed by atoms with E-state index in [1.54, 1.807) is 6.92 Å². The van der Waals surface area contributed by atoms with Crippen LogP contribution in [0.25, 0.3) is 0 Å². The van der Waals surface area contributed by atoms with Crippen LogP contribution in [-0.4, -0.2) is 12.1 Å². The van der Waals surface area contributed by atoms with Crippen LogP contribution < -0.4 is 0 Å². The number of hydrogen-bond acceptors (Lipinski definition) is 2. The molecule has 1 aliphatic rings. The molecule has 0 aliphatic heterocycles. The van der Waals surface area contributed by atoms with Crippen LogP contribution in [0.2, 0.25) is 0 Å². The Bertz CT molecular complexity index is 238. The third kappa shape index (κ3) is 1.97. The first kappa shape index (κ1) is 9.04. The van der Waals surface area contributed by atoms with E-state index in [2.05, 4.69) is 12.7 Å². The molecule has 1 unspecified atom stereocenters. The summed E-state index contributed by atoms with van der Waals surface area (Å²) >= 11 is 0. The number of rotatable bonds is 2. The summed E-state index contributed by atoms with van der Waals surface area (Å²) in [5.41, 5.74) is 1.62. The van der Waals surface area contributed by atoms with Gasteiger partial charge in [-0.2, -0.15) is 0 Å². The summed E-state index contributed by atoms with van der Waals surface area (Å²) in [4.78, 5) is 11.1. The van der Waals surface area contributed by atoms with E-state index in [0.29, 0.717) is 5.57 Å². The van der Waals surface area contributed by atoms with Gasteiger partial charge < -0.3 is 4.74 Å². The molecule has 0 aromatic rings. The van der Waals surface area contributed by atoms with Gasteiger partial charge in [0, 0.05) is 5.57 Å². The molecular formula is C10H14O2. The van der Waals surface area contributed by atoms with Gasteiger partial charge in [-0.15, -0.1) is 0 Å². The van der Waals surface area contributed by atoms with Gasteiger partial charge >= 0.3 is 5.97 Å². The van der Waals surface area contributed by atoms with Gasteiger partial charge in [-0.05, 0) is 32.3 Å². The lowest BCUT2D eigenvalue weighted by Gasteiger charge is -2.12. The van der Waals surface area contributed by atoms with Crippen LogP contribution in [-0.2, 0) is 9.53 Å². The molecule has 0 saturated heterocycles. The Morgan fingerprint density at radius 3 is 2.83 bits per heavy atom. The minimum atomic E-state index is -0.283. The highest BCUT2D eigenvalue weighted by atomic mass is 16.5. The Labute approximate surface area is 72.9 Å². The smallest absolute Gasteiger partial charge is 0.333 e. The highest BCUT2D eigenvalue weighted by Gasteiger charge is 2.19. The van der Waals surface area contributed by atoms with Gasteiger partial charge in [0.05, 0.1) is 0 Å². The van der Waals surface area contributed by atoms with E-state index in [9.17, 15) is 4.79 Å². The molecule has 0 amide bonds. The van der Waals surface area contributed by atoms with Crippen molar-refractivity contribution in [1.29, 1.82) is 0 Å². The van der Waals surface area contributed by atoms with Crippen molar-refractivity contribution in [1.82, 2.24) is 0 Å². The summed E-state index contributed by atoms with van der Waals surface area (Å²) < 4.78 is 5.18. The Hall–Kier alpha value is -1.05. The zero-order chi connectivity index (χ0) is 9.14. The second-order valence-corrected chi connectivity index (χ2v) is 3.20. The molecule has 0 aromatic heterocycles. The van der Waals surface area contributed by atoms with Crippen molar-refractivity contribution in [3.63, 3.8) is 0 Å². The van der Waals surface area contributed by atoms with Gasteiger partial charge in [0.25, 0.3) is 0 Å². The molecule has 0 heterocycles. The van der Waals surface area contributed by atoms with Gasteiger partial charge in [-0.3, -0.25) is 0 Å². The van der Waals surface area contributed by atoms with Crippen molar-refractivity contribution >= 4 is 5.97 Å². The molecule has 0 fully saturated rings. The molecule has 66 valence electrons. The lowest BCUT2D eigenvalue weighted by molar-refractivity contribution is -0.142. The average Bonchev–Trinajstić information content (AvgIpc) is 2.36. The molecule has 0 aromatic carbocycles. The average molecular weight is 166 g/mol. The molecule has 1 rings (SSSR count). The molecular weight excluding hydrogens is 152 g/mol. The highest BCUT2D eigenvalue weighted by molar-refractivity contribution is 5.87. The Balaban J connectivity index is 2.47. The zero-order valence-corrected chi connectivity index (χ0v) is 7.59. The normalized spacial score (nSPS) is 21.8. The molecule has 1 aliphatic carbocycles. The fourth-order valence-corrected chi connectivity index (χ4v) is 1.20. The van der Waals surface area contributed by atoms with Crippen LogP contribution in [0.5, 0.6) is 0 Å². The van der Waals surface area contributed by atoms with Crippen molar-refractivity contribution in [3.8, 4) is 0 Å². The van der Waals surface area contributed by atoms with Crippen molar-refractivity contribution < 1.29 is 9.53 Å². The van der Waals surface area contributed by atoms with Crippen LogP contribution >= 0.6 is 0 Å². The summed E-state index contributed by atoms with van der Waals surface area (Å²) in [6.45, 7) is 7.18. The van der Waals surface area contributed by atoms with Crippen molar-refractivity contribution in [2.75, 3.05) is 0 Å². The summed E-state index contributed by atoms with van der Waals surface area (Å²) in [7, 11) is 0. The predicted octanol–water partition coefficient (Wildman–Crippen LogP) is 2.21. The number of carbonyl (C=O) groups is 1. The first-order chi connectivity index (χ1) is 5.61. The predicted molar refractivity (Wildman–Crippen MR) is 47.7 cm³/mol. The van der Waals surface area contributed by atoms with Crippen molar-refractivity contribution in [3.05, 3.63) is 23.8 Å². The monoisotopic (exact) mass is 166 g/mol. The van der Waals surface area contributed by atoms with E-state index >= 15 is 0 Å². The minimum absolute atomic E-state index is 0.00537. The third-order valence-corrected chi connectivity index (χ3v) is 2.00. The minimum Gasteiger partial charge on any atom is -0.455 e. The van der Waals surface area contributed by atoms with E-state index < -0.39 is 0 Å². The van der Waals surface area contributed by atoms with E-state index in [0.717, 1.165) is 18.4 Å². The highest BCUT2D eigenvalue weighted by Crippen LogP contribution is 2.21. The second kappa shape index (κ2) is 3.57. The third-order valence-electron chi connectivity index (χ3n) is 2.00. The molecule has 2 nitrogen and oxygen atoms in total. The van der Waals surface area contributed by atoms with Crippen LogP contribution in [0.4, 0.5) is 0 Å². The van der Waals surface area contributed by atoms with Crippen LogP contribution in [0.3, 0.4) is 0 Å². The van der Waals surface area contributed by atoms with Gasteiger partial charge in [-0.1, -0.05) is 12.7 Å². The number of hydrogen-bond donors (Lipinski definition) is 0. The lowest BCUT2D eigenvalue weighted by Crippen LogP contribution is -2.16. The fourth-order valence-electron chi connectivity index (χ4n) is 1.20. The number of esters is 1. The first-order valence-corrected chi connectivity index (χ1v) is 4.14. The molecule has 2 heteroatoms. The van der Waals surface area contributed by atoms with Crippen molar-refractivity contribution in [2.24, 2.45) is 0 Å². The summed E-state index contributed by atoms with van der Waals surface area (Å²) in [6.07, 6.45) is 4.04. The van der Waals surface area contributed by atoms with Crippen LogP contribution in [0, 0.1) is 0 Å². The van der Waals surface area contributed by atoms with Gasteiger partial charge in [0.2, 0.25) is 0 Å². The SMILES string of the molecule is C=C(C)C(=O)OC1CCC=C1C. The van der Waals surface area contributed by atoms with Crippen LogP contribution in [0.1, 0.15) is 26.7 Å². The van der Waals surface area contributed by atoms with E-state index in [1.165, 1.54) is 0 Å². The number of allylic oxidation sites excluding steroid dienone is 1. The molecule has 0 spiro atoms. The molecule has 0 bridgehead atoms. The van der Waals surface area contributed by atoms with E-state index in [4.69, 9.17) is 4.74 Å². The van der Waals surface area contributed by atoms with Gasteiger partial charge in [0.15, 0.2) is 0 Å². The topological polar surface area (TPSA) is 26.3 Å². The molecule has 0 radical (unpaired) electrons. The maximum atomic E-state index is 11.1. The Morgan fingerprint density at radius 1 is 1.75 bits per heavy atom. The maximum Gasteiger partial charge on any atom is 0.333 e. The van der Waals surface area contributed by atoms with E-state index in [1.807, 2.05) is 6.92 Å². The second-order valence-electron chi connectivity index (χ2n) is 3.20. The largest absolute Gasteiger partial charge is 0.455 e. The van der Waals surface area contributed by atoms with E-state index in [-0.39, 0.29) is 12.1 Å². The van der Waals surface area contributed by atoms with Gasteiger partial charge in [0.1, 0.15) is 6.10 Å². The standard InChI is InChI=1S/C10H14O2/c1-7(2)10(11)12-9-6-4-5-8(9)3/h5,9H,1,4,6H2,2-3H3. The lowest BCUT2D eigenvalue weighted by atomic mass is 10.2. The van der Waals surface area contributed by atoms with Crippen LogP contribution in [0.15, 0.2) is 23.8 Å². The van der Waals surface area contributed by atoms with Crippen molar-refractivity contribution in [2.45, 2.75) is 32.8 Å². The fraction of sp³-hybridized carbons (Fsp3) is 0.500. The Kier molecular flexibility index (Phi) is 2.69. The molecule has 0 N–H and O–H groups in total. The van der Waals surface area contributed by atoms with Gasteiger partial charge in [-0.25, -0.2) is 4.79 Å². The number of ether oxygens (including phenoxy) is 1. The maximum absolute atomic E-state index is 11.1. The summed E-state index contributed by atoms with van der Waals surface area (Å²) in [5.74, 6) is -0.283. The zero-order valence-electron chi connectivity index (χ0n) is 7.59. The molecule has 0 saturated carbocycles. The summed E-state index contributed by atoms with van der Waals surface area (Å²) in [5, 5.41) is 0. The first-order valence-electron chi connectivity index (χ1n) is 4.14. The molecule has 12 heavy (non-hydrogen) atoms.